The highest BCUT2D eigenvalue weighted by Crippen LogP contribution is 2.31. The fourth-order valence-electron chi connectivity index (χ4n) is 4.76. The van der Waals surface area contributed by atoms with Crippen molar-refractivity contribution in [3.05, 3.63) is 42.0 Å². The van der Waals surface area contributed by atoms with Crippen molar-refractivity contribution in [1.82, 2.24) is 4.90 Å². The summed E-state index contributed by atoms with van der Waals surface area (Å²) in [6.07, 6.45) is 5.96. The highest BCUT2D eigenvalue weighted by atomic mass is 35.5. The minimum absolute atomic E-state index is 0. The van der Waals surface area contributed by atoms with E-state index in [4.69, 9.17) is 26.6 Å². The molecule has 10 heteroatoms. The van der Waals surface area contributed by atoms with Crippen LogP contribution in [0.2, 0.25) is 0 Å². The van der Waals surface area contributed by atoms with Crippen LogP contribution in [-0.2, 0) is 26.6 Å². The second-order valence-corrected chi connectivity index (χ2v) is 13.6. The quantitative estimate of drug-likeness (QED) is 0.162. The fourth-order valence-corrected chi connectivity index (χ4v) is 11.4. The van der Waals surface area contributed by atoms with Crippen molar-refractivity contribution >= 4 is 36.1 Å². The smallest absolute Gasteiger partial charge is 0.373 e. The Balaban J connectivity index is 0.0000130. The number of rotatable bonds is 21. The van der Waals surface area contributed by atoms with E-state index in [0.29, 0.717) is 46.2 Å². The van der Waals surface area contributed by atoms with E-state index in [1.807, 2.05) is 47.6 Å². The molecule has 0 bridgehead atoms. The Hall–Kier alpha value is -0.596. The van der Waals surface area contributed by atoms with Crippen LogP contribution in [0.1, 0.15) is 73.8 Å². The SMILES string of the molecule is CCO[Si](OCC)(OCC)C(CC)N(C/C=C\c1ccccc1)C(CC)[Si](OCC)(OCC)OCC.Cl. The zero-order valence-corrected chi connectivity index (χ0v) is 27.2. The molecule has 1 aromatic rings. The van der Waals surface area contributed by atoms with Crippen molar-refractivity contribution in [3.63, 3.8) is 0 Å². The van der Waals surface area contributed by atoms with E-state index < -0.39 is 17.6 Å². The van der Waals surface area contributed by atoms with Crippen LogP contribution in [0.25, 0.3) is 6.08 Å². The summed E-state index contributed by atoms with van der Waals surface area (Å²) in [6.45, 7) is 20.2. The lowest BCUT2D eigenvalue weighted by atomic mass is 10.2. The van der Waals surface area contributed by atoms with Crippen LogP contribution in [0, 0.1) is 0 Å². The van der Waals surface area contributed by atoms with Crippen molar-refractivity contribution in [2.75, 3.05) is 46.2 Å². The van der Waals surface area contributed by atoms with Crippen LogP contribution in [0.4, 0.5) is 0 Å². The van der Waals surface area contributed by atoms with Gasteiger partial charge >= 0.3 is 17.6 Å². The van der Waals surface area contributed by atoms with Crippen molar-refractivity contribution < 1.29 is 26.6 Å². The monoisotopic (exact) mass is 577 g/mol. The number of benzene rings is 1. The second-order valence-electron chi connectivity index (χ2n) is 8.16. The molecule has 7 nitrogen and oxygen atoms in total. The van der Waals surface area contributed by atoms with Gasteiger partial charge in [-0.05, 0) is 59.9 Å². The van der Waals surface area contributed by atoms with E-state index in [1.165, 1.54) is 0 Å². The number of halogens is 1. The van der Waals surface area contributed by atoms with Gasteiger partial charge in [0, 0.05) is 46.2 Å². The third kappa shape index (κ3) is 10.5. The van der Waals surface area contributed by atoms with E-state index in [-0.39, 0.29) is 23.7 Å². The first-order chi connectivity index (χ1) is 17.5. The predicted octanol–water partition coefficient (Wildman–Crippen LogP) is 6.16. The van der Waals surface area contributed by atoms with Crippen LogP contribution >= 0.6 is 12.4 Å². The van der Waals surface area contributed by atoms with Gasteiger partial charge in [0.15, 0.2) is 0 Å². The average Bonchev–Trinajstić information content (AvgIpc) is 2.86. The molecule has 0 aliphatic heterocycles. The van der Waals surface area contributed by atoms with Gasteiger partial charge in [-0.2, -0.15) is 0 Å². The zero-order chi connectivity index (χ0) is 26.9. The van der Waals surface area contributed by atoms with Crippen LogP contribution in [0.5, 0.6) is 0 Å². The van der Waals surface area contributed by atoms with Gasteiger partial charge in [0.25, 0.3) is 0 Å². The zero-order valence-electron chi connectivity index (χ0n) is 24.4. The van der Waals surface area contributed by atoms with Gasteiger partial charge in [0.1, 0.15) is 0 Å². The molecule has 2 unspecified atom stereocenters. The number of hydrogen-bond acceptors (Lipinski definition) is 7. The lowest BCUT2D eigenvalue weighted by Crippen LogP contribution is -2.70. The third-order valence-corrected chi connectivity index (χ3v) is 13.1. The molecule has 1 rings (SSSR count). The maximum atomic E-state index is 6.42. The lowest BCUT2D eigenvalue weighted by molar-refractivity contribution is 0.00563. The van der Waals surface area contributed by atoms with Gasteiger partial charge in [-0.3, -0.25) is 4.90 Å². The lowest BCUT2D eigenvalue weighted by Gasteiger charge is -2.47. The Morgan fingerprint density at radius 1 is 0.622 bits per heavy atom. The van der Waals surface area contributed by atoms with Crippen LogP contribution in [-0.4, -0.2) is 80.0 Å². The minimum atomic E-state index is -3.10. The third-order valence-electron chi connectivity index (χ3n) is 5.89. The van der Waals surface area contributed by atoms with Crippen molar-refractivity contribution in [3.8, 4) is 0 Å². The summed E-state index contributed by atoms with van der Waals surface area (Å²) >= 11 is 0. The first-order valence-corrected chi connectivity index (χ1v) is 17.4. The number of hydrogen-bond donors (Lipinski definition) is 0. The summed E-state index contributed by atoms with van der Waals surface area (Å²) < 4.78 is 38.5. The molecule has 0 saturated carbocycles. The van der Waals surface area contributed by atoms with E-state index in [9.17, 15) is 0 Å². The highest BCUT2D eigenvalue weighted by molar-refractivity contribution is 6.64. The molecule has 0 fully saturated rings. The molecule has 2 atom stereocenters. The van der Waals surface area contributed by atoms with Gasteiger partial charge in [0.2, 0.25) is 0 Å². The molecule has 0 heterocycles. The molecule has 0 aliphatic carbocycles. The molecular formula is C27H52ClNO6Si2. The van der Waals surface area contributed by atoms with Gasteiger partial charge in [-0.15, -0.1) is 12.4 Å². The topological polar surface area (TPSA) is 58.6 Å². The molecule has 0 radical (unpaired) electrons. The van der Waals surface area contributed by atoms with E-state index in [0.717, 1.165) is 18.4 Å². The summed E-state index contributed by atoms with van der Waals surface area (Å²) in [5, 5.41) is 0. The van der Waals surface area contributed by atoms with Crippen molar-refractivity contribution in [1.29, 1.82) is 0 Å². The predicted molar refractivity (Wildman–Crippen MR) is 159 cm³/mol. The Morgan fingerprint density at radius 2 is 0.973 bits per heavy atom. The highest BCUT2D eigenvalue weighted by Gasteiger charge is 2.58. The number of nitrogens with zero attached hydrogens (tertiary/aromatic N) is 1. The summed E-state index contributed by atoms with van der Waals surface area (Å²) in [5.41, 5.74) is 0.983. The van der Waals surface area contributed by atoms with Gasteiger partial charge in [-0.25, -0.2) is 0 Å². The molecule has 216 valence electrons. The average molecular weight is 578 g/mol. The molecule has 0 N–H and O–H groups in total. The van der Waals surface area contributed by atoms with E-state index in [1.54, 1.807) is 0 Å². The summed E-state index contributed by atoms with van der Waals surface area (Å²) in [7, 11) is -6.19. The molecule has 0 aliphatic rings. The molecule has 0 saturated heterocycles. The maximum Gasteiger partial charge on any atom is 0.519 e. The van der Waals surface area contributed by atoms with Gasteiger partial charge in [-0.1, -0.05) is 56.3 Å². The first-order valence-electron chi connectivity index (χ1n) is 13.8. The summed E-state index contributed by atoms with van der Waals surface area (Å²) in [6, 6.07) is 10.3. The Labute approximate surface area is 235 Å². The second kappa shape index (κ2) is 20.3. The molecular weight excluding hydrogens is 526 g/mol. The molecule has 1 aromatic carbocycles. The van der Waals surface area contributed by atoms with Gasteiger partial charge < -0.3 is 26.6 Å². The molecule has 0 amide bonds. The largest absolute Gasteiger partial charge is 0.519 e. The first kappa shape index (κ1) is 36.4. The molecule has 0 spiro atoms. The van der Waals surface area contributed by atoms with E-state index >= 15 is 0 Å². The Bertz CT molecular complexity index is 647. The molecule has 37 heavy (non-hydrogen) atoms. The maximum absolute atomic E-state index is 6.42. The van der Waals surface area contributed by atoms with Crippen molar-refractivity contribution in [2.45, 2.75) is 79.6 Å². The molecule has 0 aromatic heterocycles. The Kier molecular flexibility index (Phi) is 20.0. The summed E-state index contributed by atoms with van der Waals surface area (Å²) in [5.74, 6) is 0. The van der Waals surface area contributed by atoms with Crippen LogP contribution < -0.4 is 0 Å². The van der Waals surface area contributed by atoms with Crippen molar-refractivity contribution in [2.24, 2.45) is 0 Å². The summed E-state index contributed by atoms with van der Waals surface area (Å²) in [4.78, 5) is 2.43. The van der Waals surface area contributed by atoms with Crippen LogP contribution in [0.15, 0.2) is 36.4 Å². The van der Waals surface area contributed by atoms with E-state index in [2.05, 4.69) is 55.2 Å². The Morgan fingerprint density at radius 3 is 1.27 bits per heavy atom. The fraction of sp³-hybridized carbons (Fsp3) is 0.704. The normalized spacial score (nSPS) is 14.2. The standard InChI is InChI=1S/C27H51NO6Si2.ClH/c1-9-26(35(29-11-3,30-12-4)31-13-5)28(24-20-23-25-21-18-17-19-22-25)27(10-2)36(32-14-6,33-15-7)34-16-8;/h17-23,26-27H,9-16,24H2,1-8H3;1H/b23-20-;. The van der Waals surface area contributed by atoms with Crippen LogP contribution in [0.3, 0.4) is 0 Å². The van der Waals surface area contributed by atoms with Gasteiger partial charge in [0.05, 0.1) is 11.3 Å². The minimum Gasteiger partial charge on any atom is -0.373 e.